The molecule has 0 spiro atoms. The molecule has 2 heterocycles. The van der Waals surface area contributed by atoms with Gasteiger partial charge in [-0.25, -0.2) is 4.79 Å². The van der Waals surface area contributed by atoms with Gasteiger partial charge in [0.2, 0.25) is 0 Å². The molecule has 1 fully saturated rings. The van der Waals surface area contributed by atoms with Gasteiger partial charge in [0.15, 0.2) is 0 Å². The van der Waals surface area contributed by atoms with Crippen molar-refractivity contribution in [2.45, 2.75) is 6.42 Å². The summed E-state index contributed by atoms with van der Waals surface area (Å²) in [5.41, 5.74) is 0.970. The molecular formula is C18H16N2O3S. The Kier molecular flexibility index (Phi) is 4.86. The van der Waals surface area contributed by atoms with Crippen LogP contribution in [-0.4, -0.2) is 40.7 Å². The van der Waals surface area contributed by atoms with E-state index in [9.17, 15) is 14.4 Å². The van der Waals surface area contributed by atoms with Crippen LogP contribution in [0.4, 0.5) is 4.79 Å². The molecule has 1 aromatic carbocycles. The van der Waals surface area contributed by atoms with Crippen LogP contribution < -0.4 is 0 Å². The zero-order valence-electron chi connectivity index (χ0n) is 12.9. The summed E-state index contributed by atoms with van der Waals surface area (Å²) in [4.78, 5) is 39.4. The largest absolute Gasteiger partial charge is 0.334 e. The molecule has 2 aromatic rings. The Morgan fingerprint density at radius 1 is 0.917 bits per heavy atom. The Bertz CT molecular complexity index is 769. The Balaban J connectivity index is 1.62. The fourth-order valence-corrected chi connectivity index (χ4v) is 3.14. The van der Waals surface area contributed by atoms with Crippen LogP contribution in [-0.2, 0) is 16.0 Å². The van der Waals surface area contributed by atoms with Gasteiger partial charge in [0.1, 0.15) is 0 Å². The first-order valence-corrected chi connectivity index (χ1v) is 8.46. The predicted octanol–water partition coefficient (Wildman–Crippen LogP) is 2.79. The number of benzene rings is 1. The highest BCUT2D eigenvalue weighted by Gasteiger charge is 2.43. The van der Waals surface area contributed by atoms with Crippen molar-refractivity contribution >= 4 is 35.3 Å². The van der Waals surface area contributed by atoms with Crippen molar-refractivity contribution in [2.75, 3.05) is 13.1 Å². The molecule has 1 aliphatic rings. The topological polar surface area (TPSA) is 57.7 Å². The number of nitrogens with zero attached hydrogens (tertiary/aromatic N) is 2. The predicted molar refractivity (Wildman–Crippen MR) is 92.3 cm³/mol. The van der Waals surface area contributed by atoms with Gasteiger partial charge in [-0.05, 0) is 17.0 Å². The maximum absolute atomic E-state index is 12.3. The van der Waals surface area contributed by atoms with Crippen LogP contribution in [0.5, 0.6) is 0 Å². The average Bonchev–Trinajstić information content (AvgIpc) is 3.18. The maximum Gasteiger partial charge on any atom is 0.334 e. The molecule has 5 nitrogen and oxygen atoms in total. The van der Waals surface area contributed by atoms with Gasteiger partial charge in [-0.3, -0.25) is 19.4 Å². The molecule has 3 rings (SSSR count). The van der Waals surface area contributed by atoms with E-state index in [2.05, 4.69) is 0 Å². The van der Waals surface area contributed by atoms with Gasteiger partial charge >= 0.3 is 17.8 Å². The van der Waals surface area contributed by atoms with E-state index < -0.39 is 17.8 Å². The van der Waals surface area contributed by atoms with Gasteiger partial charge in [-0.15, -0.1) is 11.3 Å². The third-order valence-corrected chi connectivity index (χ3v) is 4.63. The molecule has 4 amide bonds. The van der Waals surface area contributed by atoms with Crippen molar-refractivity contribution in [1.82, 2.24) is 9.80 Å². The minimum Gasteiger partial charge on any atom is -0.263 e. The van der Waals surface area contributed by atoms with Crippen LogP contribution >= 0.6 is 11.3 Å². The summed E-state index contributed by atoms with van der Waals surface area (Å²) < 4.78 is 0. The highest BCUT2D eigenvalue weighted by molar-refractivity contribution is 7.09. The van der Waals surface area contributed by atoms with Crippen molar-refractivity contribution in [3.8, 4) is 0 Å². The number of amides is 4. The van der Waals surface area contributed by atoms with Crippen molar-refractivity contribution < 1.29 is 14.4 Å². The van der Waals surface area contributed by atoms with E-state index in [-0.39, 0.29) is 13.1 Å². The first kappa shape index (κ1) is 16.1. The van der Waals surface area contributed by atoms with E-state index in [1.54, 1.807) is 17.4 Å². The third kappa shape index (κ3) is 3.44. The molecule has 0 saturated carbocycles. The van der Waals surface area contributed by atoms with Crippen LogP contribution in [0.3, 0.4) is 0 Å². The fourth-order valence-electron chi connectivity index (χ4n) is 2.44. The van der Waals surface area contributed by atoms with E-state index in [0.717, 1.165) is 20.2 Å². The van der Waals surface area contributed by atoms with Crippen molar-refractivity contribution in [3.63, 3.8) is 0 Å². The number of urea groups is 1. The van der Waals surface area contributed by atoms with Crippen molar-refractivity contribution in [2.24, 2.45) is 0 Å². The lowest BCUT2D eigenvalue weighted by Crippen LogP contribution is -2.34. The molecule has 0 N–H and O–H groups in total. The average molecular weight is 340 g/mol. The molecule has 6 heteroatoms. The first-order valence-electron chi connectivity index (χ1n) is 7.58. The number of carbonyl (C=O) groups is 3. The lowest BCUT2D eigenvalue weighted by molar-refractivity contribution is -0.143. The zero-order chi connectivity index (χ0) is 16.9. The van der Waals surface area contributed by atoms with Gasteiger partial charge in [0, 0.05) is 24.4 Å². The summed E-state index contributed by atoms with van der Waals surface area (Å²) >= 11 is 1.56. The summed E-state index contributed by atoms with van der Waals surface area (Å²) in [6.45, 7) is 0.316. The minimum atomic E-state index is -0.760. The van der Waals surface area contributed by atoms with E-state index in [1.807, 2.05) is 53.9 Å². The van der Waals surface area contributed by atoms with Crippen LogP contribution in [0.1, 0.15) is 10.4 Å². The second-order valence-corrected chi connectivity index (χ2v) is 6.33. The second kappa shape index (κ2) is 7.23. The molecule has 24 heavy (non-hydrogen) atoms. The molecule has 0 atom stereocenters. The highest BCUT2D eigenvalue weighted by Crippen LogP contribution is 2.15. The Hall–Kier alpha value is -2.73. The molecule has 0 radical (unpaired) electrons. The second-order valence-electron chi connectivity index (χ2n) is 5.30. The third-order valence-electron chi connectivity index (χ3n) is 3.69. The van der Waals surface area contributed by atoms with Crippen LogP contribution in [0.15, 0.2) is 53.9 Å². The number of rotatable bonds is 6. The SMILES string of the molecule is O=C1C(=O)N(CCc2cccs2)C(=O)N1CC=Cc1ccccc1. The molecular weight excluding hydrogens is 324 g/mol. The Morgan fingerprint density at radius 3 is 2.38 bits per heavy atom. The first-order chi connectivity index (χ1) is 11.7. The molecule has 1 aromatic heterocycles. The Morgan fingerprint density at radius 2 is 1.67 bits per heavy atom. The van der Waals surface area contributed by atoms with Gasteiger partial charge in [-0.1, -0.05) is 48.6 Å². The number of thiophene rings is 1. The van der Waals surface area contributed by atoms with Crippen LogP contribution in [0.2, 0.25) is 0 Å². The number of imide groups is 2. The number of hydrogen-bond donors (Lipinski definition) is 0. The highest BCUT2D eigenvalue weighted by atomic mass is 32.1. The van der Waals surface area contributed by atoms with Gasteiger partial charge < -0.3 is 0 Å². The number of hydrogen-bond acceptors (Lipinski definition) is 4. The smallest absolute Gasteiger partial charge is 0.263 e. The van der Waals surface area contributed by atoms with Crippen molar-refractivity contribution in [1.29, 1.82) is 0 Å². The normalized spacial score (nSPS) is 15.1. The molecule has 0 bridgehead atoms. The monoisotopic (exact) mass is 340 g/mol. The lowest BCUT2D eigenvalue weighted by Gasteiger charge is -2.13. The quantitative estimate of drug-likeness (QED) is 0.600. The van der Waals surface area contributed by atoms with Gasteiger partial charge in [0.25, 0.3) is 0 Å². The van der Waals surface area contributed by atoms with Crippen LogP contribution in [0.25, 0.3) is 6.08 Å². The summed E-state index contributed by atoms with van der Waals surface area (Å²) in [6, 6.07) is 12.9. The van der Waals surface area contributed by atoms with Crippen LogP contribution in [0, 0.1) is 0 Å². The van der Waals surface area contributed by atoms with E-state index in [0.29, 0.717) is 6.42 Å². The molecule has 0 unspecified atom stereocenters. The van der Waals surface area contributed by atoms with E-state index in [4.69, 9.17) is 0 Å². The van der Waals surface area contributed by atoms with Gasteiger partial charge in [0.05, 0.1) is 0 Å². The van der Waals surface area contributed by atoms with Gasteiger partial charge in [-0.2, -0.15) is 0 Å². The summed E-state index contributed by atoms with van der Waals surface area (Å²) in [5, 5.41) is 1.94. The summed E-state index contributed by atoms with van der Waals surface area (Å²) in [5.74, 6) is -1.51. The van der Waals surface area contributed by atoms with Crippen molar-refractivity contribution in [3.05, 3.63) is 64.4 Å². The summed E-state index contributed by atoms with van der Waals surface area (Å²) in [7, 11) is 0. The summed E-state index contributed by atoms with van der Waals surface area (Å²) in [6.07, 6.45) is 4.09. The van der Waals surface area contributed by atoms with E-state index >= 15 is 0 Å². The standard InChI is InChI=1S/C18H16N2O3S/c21-16-17(22)20(12-10-15-9-5-13-24-15)18(23)19(16)11-4-8-14-6-2-1-3-7-14/h1-9,13H,10-12H2. The zero-order valence-corrected chi connectivity index (χ0v) is 13.7. The molecule has 1 saturated heterocycles. The number of carbonyl (C=O) groups excluding carboxylic acids is 3. The fraction of sp³-hybridized carbons (Fsp3) is 0.167. The van der Waals surface area contributed by atoms with E-state index in [1.165, 1.54) is 0 Å². The maximum atomic E-state index is 12.3. The molecule has 0 aliphatic carbocycles. The molecule has 1 aliphatic heterocycles. The minimum absolute atomic E-state index is 0.0911. The lowest BCUT2D eigenvalue weighted by atomic mass is 10.2. The molecule has 122 valence electrons. The Labute approximate surface area is 143 Å².